The summed E-state index contributed by atoms with van der Waals surface area (Å²) in [5.41, 5.74) is 4.75. The Kier molecular flexibility index (Phi) is 8.10. The van der Waals surface area contributed by atoms with Crippen molar-refractivity contribution in [2.45, 2.75) is 38.2 Å². The van der Waals surface area contributed by atoms with Crippen LogP contribution >= 0.6 is 11.6 Å². The van der Waals surface area contributed by atoms with Gasteiger partial charge in [-0.2, -0.15) is 0 Å². The predicted molar refractivity (Wildman–Crippen MR) is 146 cm³/mol. The molecule has 0 spiro atoms. The number of hydrogen-bond donors (Lipinski definition) is 1. The normalized spacial score (nSPS) is 17.8. The molecule has 1 atom stereocenters. The van der Waals surface area contributed by atoms with Crippen molar-refractivity contribution in [2.24, 2.45) is 0 Å². The number of fused-ring (bicyclic) bond motifs is 1. The molecule has 0 saturated carbocycles. The molecule has 2 aliphatic rings. The van der Waals surface area contributed by atoms with E-state index in [4.69, 9.17) is 16.3 Å². The number of alkyl halides is 1. The highest BCUT2D eigenvalue weighted by Crippen LogP contribution is 2.43. The van der Waals surface area contributed by atoms with Crippen LogP contribution in [0.15, 0.2) is 60.7 Å². The van der Waals surface area contributed by atoms with Gasteiger partial charge >= 0.3 is 5.97 Å². The van der Waals surface area contributed by atoms with Crippen LogP contribution in [0.5, 0.6) is 5.75 Å². The molecule has 1 aliphatic carbocycles. The van der Waals surface area contributed by atoms with Crippen molar-refractivity contribution in [3.05, 3.63) is 99.3 Å². The first-order chi connectivity index (χ1) is 18.5. The van der Waals surface area contributed by atoms with Crippen molar-refractivity contribution >= 4 is 28.7 Å². The van der Waals surface area contributed by atoms with Gasteiger partial charge in [-0.25, -0.2) is 9.18 Å². The number of nitrogens with zero attached hydrogens (tertiary/aromatic N) is 1. The molecule has 0 bridgehead atoms. The predicted octanol–water partition coefficient (Wildman–Crippen LogP) is 7.29. The van der Waals surface area contributed by atoms with Gasteiger partial charge in [0.1, 0.15) is 6.10 Å². The summed E-state index contributed by atoms with van der Waals surface area (Å²) in [6, 6.07) is 17.8. The lowest BCUT2D eigenvalue weighted by Gasteiger charge is -2.21. The molecule has 3 aromatic carbocycles. The van der Waals surface area contributed by atoms with Crippen molar-refractivity contribution < 1.29 is 23.4 Å². The van der Waals surface area contributed by atoms with Crippen molar-refractivity contribution in [3.63, 3.8) is 0 Å². The lowest BCUT2D eigenvalue weighted by molar-refractivity contribution is 0.0696. The Balaban J connectivity index is 1.60. The molecule has 7 heteroatoms. The number of carboxylic acids is 1. The summed E-state index contributed by atoms with van der Waals surface area (Å²) in [5.74, 6) is -1.27. The molecule has 1 fully saturated rings. The van der Waals surface area contributed by atoms with Gasteiger partial charge in [0, 0.05) is 30.2 Å². The fourth-order valence-electron chi connectivity index (χ4n) is 5.56. The number of hydrogen-bond acceptors (Lipinski definition) is 3. The molecule has 1 N–H and O–H groups in total. The summed E-state index contributed by atoms with van der Waals surface area (Å²) in [7, 11) is 0. The minimum absolute atomic E-state index is 0.170. The Morgan fingerprint density at radius 1 is 1.05 bits per heavy atom. The van der Waals surface area contributed by atoms with Crippen molar-refractivity contribution in [2.75, 3.05) is 26.3 Å². The molecule has 3 aromatic rings. The van der Waals surface area contributed by atoms with E-state index in [9.17, 15) is 14.3 Å². The third-order valence-corrected chi connectivity index (χ3v) is 7.69. The highest BCUT2D eigenvalue weighted by Gasteiger charge is 2.28. The number of benzene rings is 3. The second-order valence-corrected chi connectivity index (χ2v) is 10.3. The Morgan fingerprint density at radius 2 is 1.87 bits per heavy atom. The highest BCUT2D eigenvalue weighted by atomic mass is 35.5. The average molecular weight is 538 g/mol. The van der Waals surface area contributed by atoms with Crippen LogP contribution in [0.4, 0.5) is 8.78 Å². The number of halogens is 3. The zero-order chi connectivity index (χ0) is 26.6. The van der Waals surface area contributed by atoms with Crippen molar-refractivity contribution in [1.29, 1.82) is 0 Å². The van der Waals surface area contributed by atoms with E-state index in [1.165, 1.54) is 0 Å². The van der Waals surface area contributed by atoms with Gasteiger partial charge < -0.3 is 9.84 Å². The molecule has 1 heterocycles. The SMILES string of the molecule is O=C(O)c1ccc2c(c1)CCCC(c1ccccc1Cl)=C2c1cccc(O[C@@H]2CCN(CCCF)C2)c1F. The molecule has 0 unspecified atom stereocenters. The lowest BCUT2D eigenvalue weighted by atomic mass is 9.87. The van der Waals surface area contributed by atoms with Crippen molar-refractivity contribution in [1.82, 2.24) is 4.90 Å². The van der Waals surface area contributed by atoms with Crippen molar-refractivity contribution in [3.8, 4) is 5.75 Å². The van der Waals surface area contributed by atoms with E-state index in [1.54, 1.807) is 36.4 Å². The van der Waals surface area contributed by atoms with Crippen LogP contribution in [0.3, 0.4) is 0 Å². The van der Waals surface area contributed by atoms with E-state index in [2.05, 4.69) is 4.90 Å². The quantitative estimate of drug-likeness (QED) is 0.328. The number of carboxylic acid groups (broad SMARTS) is 1. The summed E-state index contributed by atoms with van der Waals surface area (Å²) in [5, 5.41) is 10.1. The Bertz CT molecular complexity index is 1370. The molecule has 198 valence electrons. The molecule has 0 amide bonds. The molecule has 5 rings (SSSR count). The first-order valence-electron chi connectivity index (χ1n) is 13.0. The van der Waals surface area contributed by atoms with Crippen LogP contribution < -0.4 is 4.74 Å². The van der Waals surface area contributed by atoms with Crippen LogP contribution in [0, 0.1) is 5.82 Å². The first-order valence-corrected chi connectivity index (χ1v) is 13.4. The molecule has 0 radical (unpaired) electrons. The van der Waals surface area contributed by atoms with Gasteiger partial charge in [0.2, 0.25) is 0 Å². The molecule has 0 aromatic heterocycles. The van der Waals surface area contributed by atoms with Gasteiger partial charge in [-0.15, -0.1) is 0 Å². The van der Waals surface area contributed by atoms with Crippen LogP contribution in [-0.2, 0) is 6.42 Å². The minimum Gasteiger partial charge on any atom is -0.486 e. The van der Waals surface area contributed by atoms with E-state index < -0.39 is 11.8 Å². The molecular formula is C31H30ClF2NO3. The Labute approximate surface area is 226 Å². The zero-order valence-electron chi connectivity index (χ0n) is 21.1. The molecule has 4 nitrogen and oxygen atoms in total. The fourth-order valence-corrected chi connectivity index (χ4v) is 5.81. The van der Waals surface area contributed by atoms with Crippen LogP contribution in [0.25, 0.3) is 11.1 Å². The minimum atomic E-state index is -0.993. The number of rotatable bonds is 8. The first kappa shape index (κ1) is 26.4. The summed E-state index contributed by atoms with van der Waals surface area (Å²) in [6.45, 7) is 1.75. The van der Waals surface area contributed by atoms with E-state index in [1.807, 2.05) is 24.3 Å². The third kappa shape index (κ3) is 5.47. The second-order valence-electron chi connectivity index (χ2n) is 9.85. The van der Waals surface area contributed by atoms with Gasteiger partial charge in [0.25, 0.3) is 0 Å². The third-order valence-electron chi connectivity index (χ3n) is 7.36. The average Bonchev–Trinajstić information content (AvgIpc) is 3.27. The van der Waals surface area contributed by atoms with E-state index in [-0.39, 0.29) is 24.1 Å². The molecular weight excluding hydrogens is 508 g/mol. The Hall–Kier alpha value is -3.22. The number of allylic oxidation sites excluding steroid dienone is 1. The second kappa shape index (κ2) is 11.7. The van der Waals surface area contributed by atoms with Crippen LogP contribution in [0.1, 0.15) is 58.3 Å². The maximum atomic E-state index is 16.3. The number of likely N-dealkylation sites (tertiary alicyclic amines) is 1. The van der Waals surface area contributed by atoms with E-state index in [0.717, 1.165) is 41.6 Å². The summed E-state index contributed by atoms with van der Waals surface area (Å²) < 4.78 is 35.0. The van der Waals surface area contributed by atoms with Crippen LogP contribution in [-0.4, -0.2) is 48.4 Å². The summed E-state index contributed by atoms with van der Waals surface area (Å²) in [4.78, 5) is 13.8. The molecule has 1 saturated heterocycles. The van der Waals surface area contributed by atoms with Gasteiger partial charge in [-0.1, -0.05) is 48.0 Å². The molecule has 38 heavy (non-hydrogen) atoms. The standard InChI is InChI=1S/C31H30ClF2NO3/c32-27-10-2-1-7-24(27)25-8-3-6-20-18-21(31(36)37)12-13-23(20)29(25)26-9-4-11-28(30(26)34)38-22-14-17-35(19-22)16-5-15-33/h1-2,4,7,9-13,18,22H,3,5-6,8,14-17,19H2,(H,36,37)/t22-/m1/s1. The van der Waals surface area contributed by atoms with E-state index in [0.29, 0.717) is 48.5 Å². The maximum absolute atomic E-state index is 16.3. The fraction of sp³-hybridized carbons (Fsp3) is 0.323. The lowest BCUT2D eigenvalue weighted by Crippen LogP contribution is -2.26. The number of ether oxygens (including phenoxy) is 1. The van der Waals surface area contributed by atoms with E-state index >= 15 is 4.39 Å². The number of aryl methyl sites for hydroxylation is 1. The van der Waals surface area contributed by atoms with Gasteiger partial charge in [0.15, 0.2) is 11.6 Å². The highest BCUT2D eigenvalue weighted by molar-refractivity contribution is 6.32. The monoisotopic (exact) mass is 537 g/mol. The van der Waals surface area contributed by atoms with Gasteiger partial charge in [0.05, 0.1) is 12.2 Å². The number of carbonyl (C=O) groups is 1. The summed E-state index contributed by atoms with van der Waals surface area (Å²) >= 11 is 6.63. The maximum Gasteiger partial charge on any atom is 0.335 e. The largest absolute Gasteiger partial charge is 0.486 e. The van der Waals surface area contributed by atoms with Gasteiger partial charge in [-0.05, 0) is 84.2 Å². The van der Waals surface area contributed by atoms with Crippen LogP contribution in [0.2, 0.25) is 5.02 Å². The Morgan fingerprint density at radius 3 is 2.66 bits per heavy atom. The zero-order valence-corrected chi connectivity index (χ0v) is 21.8. The number of aromatic carboxylic acids is 1. The van der Waals surface area contributed by atoms with Gasteiger partial charge in [-0.3, -0.25) is 9.29 Å². The summed E-state index contributed by atoms with van der Waals surface area (Å²) in [6.07, 6.45) is 3.17. The topological polar surface area (TPSA) is 49.8 Å². The molecule has 1 aliphatic heterocycles. The smallest absolute Gasteiger partial charge is 0.335 e.